The van der Waals surface area contributed by atoms with Gasteiger partial charge in [0.1, 0.15) is 5.02 Å². The van der Waals surface area contributed by atoms with Gasteiger partial charge in [0, 0.05) is 15.7 Å². The van der Waals surface area contributed by atoms with Crippen LogP contribution in [0.3, 0.4) is 0 Å². The molecule has 30 heavy (non-hydrogen) atoms. The van der Waals surface area contributed by atoms with E-state index >= 15 is 0 Å². The smallest absolute Gasteiger partial charge is 0.321 e. The summed E-state index contributed by atoms with van der Waals surface area (Å²) in [5, 5.41) is 6.10. The highest BCUT2D eigenvalue weighted by Crippen LogP contribution is 2.34. The molecular formula is C20H11BrClF3N4O. The van der Waals surface area contributed by atoms with Crippen molar-refractivity contribution >= 4 is 44.8 Å². The van der Waals surface area contributed by atoms with Gasteiger partial charge in [0.2, 0.25) is 0 Å². The normalized spacial score (nSPS) is 11.6. The number of benzene rings is 2. The van der Waals surface area contributed by atoms with Gasteiger partial charge >= 0.3 is 6.18 Å². The number of halogens is 5. The minimum Gasteiger partial charge on any atom is -0.321 e. The van der Waals surface area contributed by atoms with Gasteiger partial charge in [0.15, 0.2) is 17.0 Å². The molecule has 2 aromatic heterocycles. The summed E-state index contributed by atoms with van der Waals surface area (Å²) < 4.78 is 42.5. The van der Waals surface area contributed by atoms with Crippen LogP contribution >= 0.6 is 27.5 Å². The number of amides is 1. The van der Waals surface area contributed by atoms with Crippen LogP contribution in [-0.4, -0.2) is 20.5 Å². The number of nitrogens with zero attached hydrogens (tertiary/aromatic N) is 3. The van der Waals surface area contributed by atoms with Crippen LogP contribution in [0.4, 0.5) is 18.9 Å². The fourth-order valence-electron chi connectivity index (χ4n) is 2.82. The Morgan fingerprint density at radius 1 is 1.07 bits per heavy atom. The zero-order valence-corrected chi connectivity index (χ0v) is 17.3. The SMILES string of the molecule is O=C(Nc1ccc(Br)cc1)c1nn2c(C(F)(F)F)cc(-c3ccccc3)nc2c1Cl. The van der Waals surface area contributed by atoms with Crippen molar-refractivity contribution in [1.82, 2.24) is 14.6 Å². The van der Waals surface area contributed by atoms with E-state index in [9.17, 15) is 18.0 Å². The van der Waals surface area contributed by atoms with E-state index in [1.165, 1.54) is 0 Å². The maximum absolute atomic E-state index is 13.7. The molecule has 1 amide bonds. The standard InChI is InChI=1S/C20H11BrClF3N4O/c21-12-6-8-13(9-7-12)26-19(30)17-16(22)18-27-14(11-4-2-1-3-5-11)10-15(20(23,24)25)29(18)28-17/h1-10H,(H,26,30). The van der Waals surface area contributed by atoms with Crippen molar-refractivity contribution in [3.63, 3.8) is 0 Å². The molecule has 2 aromatic carbocycles. The van der Waals surface area contributed by atoms with Crippen LogP contribution in [-0.2, 0) is 6.18 Å². The second kappa shape index (κ2) is 7.73. The molecule has 1 N–H and O–H groups in total. The molecule has 0 bridgehead atoms. The summed E-state index contributed by atoms with van der Waals surface area (Å²) in [6.07, 6.45) is -4.74. The van der Waals surface area contributed by atoms with Gasteiger partial charge in [-0.25, -0.2) is 9.50 Å². The number of anilines is 1. The lowest BCUT2D eigenvalue weighted by molar-refractivity contribution is -0.142. The fraction of sp³-hybridized carbons (Fsp3) is 0.0500. The number of carbonyl (C=O) groups is 1. The van der Waals surface area contributed by atoms with Crippen LogP contribution in [0.15, 0.2) is 65.1 Å². The van der Waals surface area contributed by atoms with E-state index in [0.717, 1.165) is 10.5 Å². The second-order valence-electron chi connectivity index (χ2n) is 6.25. The van der Waals surface area contributed by atoms with Crippen molar-refractivity contribution in [2.24, 2.45) is 0 Å². The lowest BCUT2D eigenvalue weighted by atomic mass is 10.1. The average Bonchev–Trinajstić information content (AvgIpc) is 3.05. The van der Waals surface area contributed by atoms with Crippen LogP contribution in [0, 0.1) is 0 Å². The summed E-state index contributed by atoms with van der Waals surface area (Å²) in [7, 11) is 0. The Kier molecular flexibility index (Phi) is 5.25. The molecule has 10 heteroatoms. The van der Waals surface area contributed by atoms with Crippen LogP contribution in [0.2, 0.25) is 5.02 Å². The number of alkyl halides is 3. The molecule has 152 valence electrons. The minimum atomic E-state index is -4.74. The molecule has 0 spiro atoms. The molecule has 5 nitrogen and oxygen atoms in total. The Morgan fingerprint density at radius 3 is 2.37 bits per heavy atom. The lowest BCUT2D eigenvalue weighted by Crippen LogP contribution is -2.15. The Balaban J connectivity index is 1.84. The van der Waals surface area contributed by atoms with Crippen LogP contribution in [0.25, 0.3) is 16.9 Å². The van der Waals surface area contributed by atoms with Gasteiger partial charge in [-0.2, -0.15) is 18.3 Å². The predicted molar refractivity (Wildman–Crippen MR) is 111 cm³/mol. The molecule has 2 heterocycles. The number of fused-ring (bicyclic) bond motifs is 1. The number of carbonyl (C=O) groups excluding carboxylic acids is 1. The third-order valence-corrected chi connectivity index (χ3v) is 5.09. The Hall–Kier alpha value is -2.91. The summed E-state index contributed by atoms with van der Waals surface area (Å²) in [5.41, 5.74) is -0.726. The first-order valence-electron chi connectivity index (χ1n) is 8.53. The van der Waals surface area contributed by atoms with Crippen molar-refractivity contribution < 1.29 is 18.0 Å². The molecule has 0 aliphatic heterocycles. The summed E-state index contributed by atoms with van der Waals surface area (Å²) in [5.74, 6) is -0.748. The van der Waals surface area contributed by atoms with Gasteiger partial charge in [0.05, 0.1) is 5.69 Å². The van der Waals surface area contributed by atoms with E-state index in [2.05, 4.69) is 31.3 Å². The molecule has 4 rings (SSSR count). The minimum absolute atomic E-state index is 0.0668. The Labute approximate surface area is 181 Å². The monoisotopic (exact) mass is 494 g/mol. The van der Waals surface area contributed by atoms with Crippen LogP contribution in [0.1, 0.15) is 16.2 Å². The summed E-state index contributed by atoms with van der Waals surface area (Å²) >= 11 is 9.52. The van der Waals surface area contributed by atoms with Crippen molar-refractivity contribution in [1.29, 1.82) is 0 Å². The highest BCUT2D eigenvalue weighted by molar-refractivity contribution is 9.10. The highest BCUT2D eigenvalue weighted by atomic mass is 79.9. The molecular weight excluding hydrogens is 485 g/mol. The number of aromatic nitrogens is 3. The largest absolute Gasteiger partial charge is 0.433 e. The second-order valence-corrected chi connectivity index (χ2v) is 7.54. The molecule has 0 aliphatic rings. The third kappa shape index (κ3) is 3.90. The zero-order chi connectivity index (χ0) is 21.5. The van der Waals surface area contributed by atoms with Crippen molar-refractivity contribution in [3.05, 3.63) is 81.5 Å². The number of rotatable bonds is 3. The Bertz CT molecular complexity index is 1240. The summed E-state index contributed by atoms with van der Waals surface area (Å²) in [6.45, 7) is 0. The first-order valence-corrected chi connectivity index (χ1v) is 9.70. The maximum atomic E-state index is 13.7. The average molecular weight is 496 g/mol. The van der Waals surface area contributed by atoms with E-state index in [1.807, 2.05) is 0 Å². The van der Waals surface area contributed by atoms with E-state index < -0.39 is 17.8 Å². The molecule has 0 radical (unpaired) electrons. The van der Waals surface area contributed by atoms with Crippen molar-refractivity contribution in [2.45, 2.75) is 6.18 Å². The van der Waals surface area contributed by atoms with Gasteiger partial charge in [-0.15, -0.1) is 0 Å². The van der Waals surface area contributed by atoms with Crippen LogP contribution < -0.4 is 5.32 Å². The fourth-order valence-corrected chi connectivity index (χ4v) is 3.33. The van der Waals surface area contributed by atoms with E-state index in [1.54, 1.807) is 54.6 Å². The first-order chi connectivity index (χ1) is 14.2. The summed E-state index contributed by atoms with van der Waals surface area (Å²) in [4.78, 5) is 16.8. The highest BCUT2D eigenvalue weighted by Gasteiger charge is 2.36. The van der Waals surface area contributed by atoms with Crippen LogP contribution in [0.5, 0.6) is 0 Å². The third-order valence-electron chi connectivity index (χ3n) is 4.21. The molecule has 0 saturated heterocycles. The van der Waals surface area contributed by atoms with Gasteiger partial charge in [-0.1, -0.05) is 57.9 Å². The first kappa shape index (κ1) is 20.4. The van der Waals surface area contributed by atoms with Gasteiger partial charge in [0.25, 0.3) is 5.91 Å². The zero-order valence-electron chi connectivity index (χ0n) is 14.9. The van der Waals surface area contributed by atoms with E-state index in [0.29, 0.717) is 15.8 Å². The van der Waals surface area contributed by atoms with E-state index in [-0.39, 0.29) is 22.1 Å². The van der Waals surface area contributed by atoms with Gasteiger partial charge < -0.3 is 5.32 Å². The number of hydrogen-bond donors (Lipinski definition) is 1. The number of hydrogen-bond acceptors (Lipinski definition) is 3. The number of nitrogens with one attached hydrogen (secondary N) is 1. The van der Waals surface area contributed by atoms with Gasteiger partial charge in [-0.05, 0) is 30.3 Å². The molecule has 4 aromatic rings. The lowest BCUT2D eigenvalue weighted by Gasteiger charge is -2.11. The predicted octanol–water partition coefficient (Wildman–Crippen LogP) is 6.08. The maximum Gasteiger partial charge on any atom is 0.433 e. The molecule has 0 atom stereocenters. The van der Waals surface area contributed by atoms with Gasteiger partial charge in [-0.3, -0.25) is 4.79 Å². The molecule has 0 unspecified atom stereocenters. The Morgan fingerprint density at radius 2 is 1.73 bits per heavy atom. The van der Waals surface area contributed by atoms with E-state index in [4.69, 9.17) is 11.6 Å². The summed E-state index contributed by atoms with van der Waals surface area (Å²) in [6, 6.07) is 15.9. The molecule has 0 aliphatic carbocycles. The molecule has 0 fully saturated rings. The molecule has 0 saturated carbocycles. The topological polar surface area (TPSA) is 59.3 Å². The van der Waals surface area contributed by atoms with Crippen molar-refractivity contribution in [3.8, 4) is 11.3 Å². The quantitative estimate of drug-likeness (QED) is 0.375. The van der Waals surface area contributed by atoms with Crippen molar-refractivity contribution in [2.75, 3.05) is 5.32 Å².